The van der Waals surface area contributed by atoms with Gasteiger partial charge in [-0.25, -0.2) is 8.78 Å². The van der Waals surface area contributed by atoms with Gasteiger partial charge in [0.25, 0.3) is 0 Å². The average Bonchev–Trinajstić information content (AvgIpc) is 2.91. The van der Waals surface area contributed by atoms with Crippen LogP contribution in [0.2, 0.25) is 0 Å². The van der Waals surface area contributed by atoms with Gasteiger partial charge in [-0.2, -0.15) is 0 Å². The van der Waals surface area contributed by atoms with E-state index in [4.69, 9.17) is 0 Å². The van der Waals surface area contributed by atoms with Crippen molar-refractivity contribution >= 4 is 11.8 Å². The van der Waals surface area contributed by atoms with Crippen molar-refractivity contribution < 1.29 is 18.4 Å². The van der Waals surface area contributed by atoms with E-state index in [1.165, 1.54) is 6.07 Å². The number of carbonyl (C=O) groups is 2. The molecule has 218 valence electrons. The van der Waals surface area contributed by atoms with Gasteiger partial charge in [-0.1, -0.05) is 66.7 Å². The Balaban J connectivity index is 1.52. The molecule has 0 spiro atoms. The van der Waals surface area contributed by atoms with E-state index in [1.54, 1.807) is 43.3 Å². The minimum absolute atomic E-state index is 0.0703. The van der Waals surface area contributed by atoms with Crippen molar-refractivity contribution in [3.05, 3.63) is 95.3 Å². The molecule has 41 heavy (non-hydrogen) atoms. The van der Waals surface area contributed by atoms with E-state index < -0.39 is 24.5 Å². The normalized spacial score (nSPS) is 17.8. The van der Waals surface area contributed by atoms with Crippen LogP contribution in [0, 0.1) is 5.82 Å². The molecule has 0 bridgehead atoms. The molecule has 3 aromatic carbocycles. The first kappa shape index (κ1) is 30.4. The molecule has 1 fully saturated rings. The SMILES string of the molecule is C[C@H](C(=O)N[C@@H](Cc1ccc(CF)cc1)C(=O)NC1CC(C)(C)NC(C)(C)C1)c1ccc(-c2ccccc2)c(F)c1. The van der Waals surface area contributed by atoms with Gasteiger partial charge in [0.05, 0.1) is 5.92 Å². The van der Waals surface area contributed by atoms with Crippen molar-refractivity contribution in [1.29, 1.82) is 0 Å². The highest BCUT2D eigenvalue weighted by molar-refractivity contribution is 5.90. The third kappa shape index (κ3) is 8.00. The molecule has 5 nitrogen and oxygen atoms in total. The lowest BCUT2D eigenvalue weighted by Crippen LogP contribution is -2.63. The van der Waals surface area contributed by atoms with Crippen LogP contribution < -0.4 is 16.0 Å². The summed E-state index contributed by atoms with van der Waals surface area (Å²) in [5.41, 5.74) is 2.77. The summed E-state index contributed by atoms with van der Waals surface area (Å²) in [5.74, 6) is -1.74. The number of hydrogen-bond donors (Lipinski definition) is 3. The Hall–Kier alpha value is -3.58. The van der Waals surface area contributed by atoms with Crippen LogP contribution in [0.5, 0.6) is 0 Å². The fourth-order valence-electron chi connectivity index (χ4n) is 6.04. The van der Waals surface area contributed by atoms with Crippen molar-refractivity contribution in [3.8, 4) is 11.1 Å². The van der Waals surface area contributed by atoms with Gasteiger partial charge in [0.2, 0.25) is 11.8 Å². The summed E-state index contributed by atoms with van der Waals surface area (Å²) < 4.78 is 28.1. The van der Waals surface area contributed by atoms with Crippen LogP contribution in [0.4, 0.5) is 8.78 Å². The minimum Gasteiger partial charge on any atom is -0.351 e. The van der Waals surface area contributed by atoms with Gasteiger partial charge >= 0.3 is 0 Å². The lowest BCUT2D eigenvalue weighted by atomic mass is 9.79. The first-order valence-corrected chi connectivity index (χ1v) is 14.2. The van der Waals surface area contributed by atoms with Crippen molar-refractivity contribution in [2.24, 2.45) is 0 Å². The predicted octanol–water partition coefficient (Wildman–Crippen LogP) is 6.22. The van der Waals surface area contributed by atoms with Crippen LogP contribution in [-0.4, -0.2) is 35.0 Å². The molecule has 0 radical (unpaired) electrons. The van der Waals surface area contributed by atoms with Gasteiger partial charge < -0.3 is 16.0 Å². The second kappa shape index (κ2) is 12.5. The van der Waals surface area contributed by atoms with Gasteiger partial charge in [0.15, 0.2) is 0 Å². The number of piperidine rings is 1. The molecule has 0 aliphatic carbocycles. The summed E-state index contributed by atoms with van der Waals surface area (Å²) in [5, 5.41) is 9.72. The molecule has 0 unspecified atom stereocenters. The van der Waals surface area contributed by atoms with E-state index >= 15 is 4.39 Å². The number of hydrogen-bond acceptors (Lipinski definition) is 3. The fourth-order valence-corrected chi connectivity index (χ4v) is 6.04. The maximum Gasteiger partial charge on any atom is 0.243 e. The van der Waals surface area contributed by atoms with Crippen molar-refractivity contribution in [2.75, 3.05) is 0 Å². The highest BCUT2D eigenvalue weighted by atomic mass is 19.1. The molecule has 1 aliphatic heterocycles. The molecule has 1 aliphatic rings. The zero-order valence-corrected chi connectivity index (χ0v) is 24.6. The number of amides is 2. The number of halogens is 2. The number of benzene rings is 3. The smallest absolute Gasteiger partial charge is 0.243 e. The van der Waals surface area contributed by atoms with Gasteiger partial charge in [-0.05, 0) is 75.8 Å². The largest absolute Gasteiger partial charge is 0.351 e. The highest BCUT2D eigenvalue weighted by Crippen LogP contribution is 2.29. The van der Waals surface area contributed by atoms with E-state index in [0.29, 0.717) is 16.7 Å². The lowest BCUT2D eigenvalue weighted by Gasteiger charge is -2.46. The van der Waals surface area contributed by atoms with Crippen LogP contribution in [-0.2, 0) is 22.7 Å². The summed E-state index contributed by atoms with van der Waals surface area (Å²) in [4.78, 5) is 27.1. The summed E-state index contributed by atoms with van der Waals surface area (Å²) in [7, 11) is 0. The monoisotopic (exact) mass is 561 g/mol. The average molecular weight is 562 g/mol. The second-order valence-electron chi connectivity index (χ2n) is 12.5. The van der Waals surface area contributed by atoms with E-state index in [0.717, 1.165) is 24.0 Å². The van der Waals surface area contributed by atoms with Crippen LogP contribution in [0.3, 0.4) is 0 Å². The van der Waals surface area contributed by atoms with Crippen LogP contribution in [0.15, 0.2) is 72.8 Å². The Morgan fingerprint density at radius 2 is 1.51 bits per heavy atom. The van der Waals surface area contributed by atoms with Gasteiger partial charge in [-0.3, -0.25) is 9.59 Å². The number of rotatable bonds is 9. The maximum atomic E-state index is 15.1. The zero-order valence-electron chi connectivity index (χ0n) is 24.6. The first-order chi connectivity index (χ1) is 19.4. The Labute approximate surface area is 242 Å². The van der Waals surface area contributed by atoms with E-state index in [2.05, 4.69) is 43.6 Å². The third-order valence-corrected chi connectivity index (χ3v) is 7.76. The van der Waals surface area contributed by atoms with Gasteiger partial charge in [0, 0.05) is 29.1 Å². The standard InChI is InChI=1S/C34H41F2N3O2/c1-22(26-15-16-28(29(36)18-26)25-9-7-6-8-10-25)31(40)38-30(17-23-11-13-24(21-35)14-12-23)32(41)37-27-19-33(2,3)39-34(4,5)20-27/h6-16,18,22,27,30,39H,17,19-21H2,1-5H3,(H,37,41)(H,38,40)/t22-,30-/m0/s1. The van der Waals surface area contributed by atoms with E-state index in [-0.39, 0.29) is 35.4 Å². The molecule has 7 heteroatoms. The van der Waals surface area contributed by atoms with Crippen molar-refractivity contribution in [1.82, 2.24) is 16.0 Å². The molecule has 2 amide bonds. The predicted molar refractivity (Wildman–Crippen MR) is 160 cm³/mol. The quantitative estimate of drug-likeness (QED) is 0.291. The second-order valence-corrected chi connectivity index (χ2v) is 12.5. The molecule has 3 aromatic rings. The first-order valence-electron chi connectivity index (χ1n) is 14.2. The Morgan fingerprint density at radius 1 is 0.902 bits per heavy atom. The topological polar surface area (TPSA) is 70.2 Å². The molecule has 0 saturated carbocycles. The zero-order chi connectivity index (χ0) is 29.8. The molecular formula is C34H41F2N3O2. The molecule has 1 saturated heterocycles. The summed E-state index contributed by atoms with van der Waals surface area (Å²) in [6.45, 7) is 9.59. The van der Waals surface area contributed by atoms with Gasteiger partial charge in [-0.15, -0.1) is 0 Å². The molecule has 0 aromatic heterocycles. The van der Waals surface area contributed by atoms with Crippen LogP contribution >= 0.6 is 0 Å². The molecular weight excluding hydrogens is 520 g/mol. The summed E-state index contributed by atoms with van der Waals surface area (Å²) in [6.07, 6.45) is 1.74. The van der Waals surface area contributed by atoms with Crippen LogP contribution in [0.25, 0.3) is 11.1 Å². The Kier molecular flexibility index (Phi) is 9.27. The molecule has 1 heterocycles. The van der Waals surface area contributed by atoms with Crippen LogP contribution in [0.1, 0.15) is 70.1 Å². The van der Waals surface area contributed by atoms with Crippen molar-refractivity contribution in [3.63, 3.8) is 0 Å². The molecule has 2 atom stereocenters. The molecule has 4 rings (SSSR count). The highest BCUT2D eigenvalue weighted by Gasteiger charge is 2.39. The van der Waals surface area contributed by atoms with Crippen molar-refractivity contribution in [2.45, 2.75) is 89.6 Å². The third-order valence-electron chi connectivity index (χ3n) is 7.76. The fraction of sp³-hybridized carbons (Fsp3) is 0.412. The summed E-state index contributed by atoms with van der Waals surface area (Å²) in [6, 6.07) is 20.1. The van der Waals surface area contributed by atoms with E-state index in [1.807, 2.05) is 30.3 Å². The lowest BCUT2D eigenvalue weighted by molar-refractivity contribution is -0.130. The van der Waals surface area contributed by atoms with E-state index in [9.17, 15) is 14.0 Å². The number of carbonyl (C=O) groups excluding carboxylic acids is 2. The molecule has 3 N–H and O–H groups in total. The number of nitrogens with one attached hydrogen (secondary N) is 3. The van der Waals surface area contributed by atoms with Gasteiger partial charge in [0.1, 0.15) is 18.5 Å². The summed E-state index contributed by atoms with van der Waals surface area (Å²) >= 11 is 0. The number of alkyl halides is 1. The minimum atomic E-state index is -0.851. The Morgan fingerprint density at radius 3 is 2.10 bits per heavy atom. The Bertz CT molecular complexity index is 1340. The maximum absolute atomic E-state index is 15.1.